The molecule has 1 aliphatic rings. The molecule has 0 spiro atoms. The Morgan fingerprint density at radius 2 is 1.76 bits per heavy atom. The topological polar surface area (TPSA) is 97.3 Å². The Labute approximate surface area is 189 Å². The lowest BCUT2D eigenvalue weighted by molar-refractivity contribution is -0.143. The van der Waals surface area contributed by atoms with Crippen molar-refractivity contribution in [3.63, 3.8) is 0 Å². The molecule has 4 aromatic rings. The van der Waals surface area contributed by atoms with Crippen LogP contribution in [0.1, 0.15) is 21.9 Å². The second-order valence-electron chi connectivity index (χ2n) is 7.68. The summed E-state index contributed by atoms with van der Waals surface area (Å²) in [5, 5.41) is 11.2. The fourth-order valence-electron chi connectivity index (χ4n) is 3.87. The van der Waals surface area contributed by atoms with Crippen molar-refractivity contribution in [2.24, 2.45) is 0 Å². The molecule has 0 saturated carbocycles. The zero-order chi connectivity index (χ0) is 24.0. The van der Waals surface area contributed by atoms with E-state index in [1.54, 1.807) is 4.52 Å². The number of rotatable bonds is 3. The Bertz CT molecular complexity index is 1350. The minimum Gasteiger partial charge on any atom is -0.353 e. The highest BCUT2D eigenvalue weighted by molar-refractivity contribution is 5.93. The Hall–Kier alpha value is -4.10. The van der Waals surface area contributed by atoms with E-state index in [4.69, 9.17) is 0 Å². The van der Waals surface area contributed by atoms with Crippen molar-refractivity contribution in [3.05, 3.63) is 59.6 Å². The van der Waals surface area contributed by atoms with Gasteiger partial charge in [-0.15, -0.1) is 5.10 Å². The summed E-state index contributed by atoms with van der Waals surface area (Å²) in [6.45, 7) is 2.87. The molecular formula is C20H17F4N9O. The van der Waals surface area contributed by atoms with Gasteiger partial charge < -0.3 is 9.80 Å². The lowest BCUT2D eigenvalue weighted by atomic mass is 10.2. The Morgan fingerprint density at radius 1 is 1.06 bits per heavy atom. The maximum absolute atomic E-state index is 13.9. The van der Waals surface area contributed by atoms with Gasteiger partial charge in [-0.05, 0) is 31.2 Å². The number of anilines is 1. The first-order chi connectivity index (χ1) is 16.2. The van der Waals surface area contributed by atoms with Crippen LogP contribution in [-0.4, -0.2) is 71.6 Å². The van der Waals surface area contributed by atoms with Crippen LogP contribution in [0.4, 0.5) is 23.4 Å². The summed E-state index contributed by atoms with van der Waals surface area (Å²) in [6.07, 6.45) is -3.52. The number of alkyl halides is 3. The van der Waals surface area contributed by atoms with Gasteiger partial charge in [0.2, 0.25) is 0 Å². The van der Waals surface area contributed by atoms with Gasteiger partial charge in [0, 0.05) is 37.9 Å². The largest absolute Gasteiger partial charge is 0.435 e. The highest BCUT2D eigenvalue weighted by Crippen LogP contribution is 2.33. The number of aryl methyl sites for hydroxylation is 1. The molecule has 14 heteroatoms. The standard InChI is InChI=1S/C20H17F4N9O/c1-12-10-15(33-19(27-12)25-11-26-33)30-6-8-31(9-7-30)18(34)16-17(20(22,23)24)32(29-28-16)14-4-2-13(21)3-5-14/h2-5,10-11H,6-9H2,1H3. The van der Waals surface area contributed by atoms with Gasteiger partial charge in [0.1, 0.15) is 18.0 Å². The van der Waals surface area contributed by atoms with Crippen LogP contribution in [0.15, 0.2) is 36.7 Å². The number of amides is 1. The van der Waals surface area contributed by atoms with E-state index in [1.807, 2.05) is 17.9 Å². The van der Waals surface area contributed by atoms with Crippen molar-refractivity contribution >= 4 is 17.5 Å². The molecule has 0 N–H and O–H groups in total. The molecule has 10 nitrogen and oxygen atoms in total. The van der Waals surface area contributed by atoms with Gasteiger partial charge >= 0.3 is 6.18 Å². The maximum atomic E-state index is 13.9. The third kappa shape index (κ3) is 3.80. The first-order valence-electron chi connectivity index (χ1n) is 10.2. The average molecular weight is 475 g/mol. The van der Waals surface area contributed by atoms with Crippen molar-refractivity contribution in [2.75, 3.05) is 31.1 Å². The molecule has 0 unspecified atom stereocenters. The summed E-state index contributed by atoms with van der Waals surface area (Å²) >= 11 is 0. The Kier molecular flexibility index (Phi) is 5.14. The summed E-state index contributed by atoms with van der Waals surface area (Å²) < 4.78 is 57.0. The fraction of sp³-hybridized carbons (Fsp3) is 0.300. The van der Waals surface area contributed by atoms with E-state index in [0.717, 1.165) is 35.8 Å². The van der Waals surface area contributed by atoms with Crippen LogP contribution in [-0.2, 0) is 6.18 Å². The molecule has 3 aromatic heterocycles. The second-order valence-corrected chi connectivity index (χ2v) is 7.68. The average Bonchev–Trinajstić information content (AvgIpc) is 3.46. The highest BCUT2D eigenvalue weighted by atomic mass is 19.4. The van der Waals surface area contributed by atoms with Crippen molar-refractivity contribution < 1.29 is 22.4 Å². The quantitative estimate of drug-likeness (QED) is 0.419. The molecule has 1 saturated heterocycles. The molecule has 34 heavy (non-hydrogen) atoms. The van der Waals surface area contributed by atoms with Crippen LogP contribution in [0, 0.1) is 12.7 Å². The van der Waals surface area contributed by atoms with E-state index >= 15 is 0 Å². The fourth-order valence-corrected chi connectivity index (χ4v) is 3.87. The summed E-state index contributed by atoms with van der Waals surface area (Å²) in [7, 11) is 0. The molecule has 176 valence electrons. The summed E-state index contributed by atoms with van der Waals surface area (Å²) in [5.41, 5.74) is -1.43. The maximum Gasteiger partial charge on any atom is 0.435 e. The second kappa shape index (κ2) is 8.04. The van der Waals surface area contributed by atoms with Crippen molar-refractivity contribution in [2.45, 2.75) is 13.1 Å². The van der Waals surface area contributed by atoms with Crippen molar-refractivity contribution in [1.29, 1.82) is 0 Å². The predicted molar refractivity (Wildman–Crippen MR) is 110 cm³/mol. The van der Waals surface area contributed by atoms with E-state index in [1.165, 1.54) is 11.2 Å². The first-order valence-corrected chi connectivity index (χ1v) is 10.2. The minimum absolute atomic E-state index is 0.0602. The lowest BCUT2D eigenvalue weighted by Crippen LogP contribution is -2.49. The molecule has 1 fully saturated rings. The van der Waals surface area contributed by atoms with Gasteiger partial charge in [-0.25, -0.2) is 14.1 Å². The number of halogens is 4. The van der Waals surface area contributed by atoms with E-state index in [9.17, 15) is 22.4 Å². The smallest absolute Gasteiger partial charge is 0.353 e. The van der Waals surface area contributed by atoms with Gasteiger partial charge in [-0.3, -0.25) is 4.79 Å². The number of fused-ring (bicyclic) bond motifs is 1. The molecule has 4 heterocycles. The van der Waals surface area contributed by atoms with E-state index in [0.29, 0.717) is 23.5 Å². The summed E-state index contributed by atoms with van der Waals surface area (Å²) in [6, 6.07) is 6.10. The molecule has 0 aliphatic carbocycles. The Balaban J connectivity index is 1.40. The SMILES string of the molecule is Cc1cc(N2CCN(C(=O)c3nnn(-c4ccc(F)cc4)c3C(F)(F)F)CC2)n2ncnc2n1. The number of nitrogens with zero attached hydrogens (tertiary/aromatic N) is 9. The molecule has 5 rings (SSSR count). The van der Waals surface area contributed by atoms with E-state index < -0.39 is 29.3 Å². The van der Waals surface area contributed by atoms with Gasteiger partial charge in [-0.1, -0.05) is 5.21 Å². The number of carbonyl (C=O) groups is 1. The third-order valence-electron chi connectivity index (χ3n) is 5.46. The zero-order valence-corrected chi connectivity index (χ0v) is 17.7. The molecule has 1 amide bonds. The van der Waals surface area contributed by atoms with Crippen LogP contribution in [0.5, 0.6) is 0 Å². The predicted octanol–water partition coefficient (Wildman–Crippen LogP) is 2.13. The molecule has 0 bridgehead atoms. The number of piperazine rings is 1. The highest BCUT2D eigenvalue weighted by Gasteiger charge is 2.43. The van der Waals surface area contributed by atoms with E-state index in [2.05, 4.69) is 25.4 Å². The monoisotopic (exact) mass is 475 g/mol. The lowest BCUT2D eigenvalue weighted by Gasteiger charge is -2.35. The van der Waals surface area contributed by atoms with Crippen molar-refractivity contribution in [3.8, 4) is 5.69 Å². The summed E-state index contributed by atoms with van der Waals surface area (Å²) in [5.74, 6) is -0.331. The third-order valence-corrected chi connectivity index (χ3v) is 5.46. The van der Waals surface area contributed by atoms with Crippen LogP contribution >= 0.6 is 0 Å². The number of aromatic nitrogens is 7. The van der Waals surface area contributed by atoms with Crippen LogP contribution in [0.2, 0.25) is 0 Å². The van der Waals surface area contributed by atoms with Crippen LogP contribution in [0.3, 0.4) is 0 Å². The molecule has 0 atom stereocenters. The van der Waals surface area contributed by atoms with E-state index in [-0.39, 0.29) is 18.8 Å². The minimum atomic E-state index is -4.90. The number of carbonyl (C=O) groups excluding carboxylic acids is 1. The van der Waals surface area contributed by atoms with Crippen LogP contribution < -0.4 is 4.90 Å². The number of hydrogen-bond acceptors (Lipinski definition) is 7. The molecule has 0 radical (unpaired) electrons. The van der Waals surface area contributed by atoms with Gasteiger partial charge in [0.15, 0.2) is 11.4 Å². The van der Waals surface area contributed by atoms with Gasteiger partial charge in [0.05, 0.1) is 5.69 Å². The van der Waals surface area contributed by atoms with Crippen molar-refractivity contribution in [1.82, 2.24) is 39.5 Å². The van der Waals surface area contributed by atoms with Gasteiger partial charge in [0.25, 0.3) is 11.7 Å². The van der Waals surface area contributed by atoms with Crippen LogP contribution in [0.25, 0.3) is 11.5 Å². The molecule has 1 aliphatic heterocycles. The first kappa shape index (κ1) is 21.7. The zero-order valence-electron chi connectivity index (χ0n) is 17.7. The molecular weight excluding hydrogens is 458 g/mol. The molecule has 1 aromatic carbocycles. The number of benzene rings is 1. The normalized spacial score (nSPS) is 14.7. The summed E-state index contributed by atoms with van der Waals surface area (Å²) in [4.78, 5) is 24.7. The van der Waals surface area contributed by atoms with Gasteiger partial charge in [-0.2, -0.15) is 27.8 Å². The Morgan fingerprint density at radius 3 is 2.44 bits per heavy atom. The number of hydrogen-bond donors (Lipinski definition) is 0.